The average molecular weight is 351 g/mol. The number of benzene rings is 1. The van der Waals surface area contributed by atoms with Crippen LogP contribution in [0.2, 0.25) is 0 Å². The Kier molecular flexibility index (Phi) is 5.28. The van der Waals surface area contributed by atoms with Gasteiger partial charge in [-0.3, -0.25) is 9.52 Å². The lowest BCUT2D eigenvalue weighted by Gasteiger charge is -2.15. The lowest BCUT2D eigenvalue weighted by atomic mass is 10.1. The van der Waals surface area contributed by atoms with Crippen LogP contribution in [0.4, 0.5) is 5.69 Å². The number of hydrogen-bond acceptors (Lipinski definition) is 5. The fourth-order valence-electron chi connectivity index (χ4n) is 2.39. The molecular formula is C16H21N3O4S. The normalized spacial score (nSPS) is 12.7. The van der Waals surface area contributed by atoms with Gasteiger partial charge in [0.05, 0.1) is 18.0 Å². The predicted molar refractivity (Wildman–Crippen MR) is 91.4 cm³/mol. The minimum atomic E-state index is -3.35. The van der Waals surface area contributed by atoms with Gasteiger partial charge in [-0.1, -0.05) is 24.2 Å². The van der Waals surface area contributed by atoms with E-state index in [1.807, 2.05) is 19.9 Å². The van der Waals surface area contributed by atoms with Gasteiger partial charge in [0.15, 0.2) is 0 Å². The molecule has 0 fully saturated rings. The van der Waals surface area contributed by atoms with Gasteiger partial charge in [-0.15, -0.1) is 0 Å². The fraction of sp³-hybridized carbons (Fsp3) is 0.375. The second-order valence-electron chi connectivity index (χ2n) is 5.61. The first-order valence-corrected chi connectivity index (χ1v) is 9.44. The fourth-order valence-corrected chi connectivity index (χ4v) is 2.94. The maximum Gasteiger partial charge on any atom is 0.257 e. The molecule has 2 rings (SSSR count). The molecule has 0 unspecified atom stereocenters. The van der Waals surface area contributed by atoms with Gasteiger partial charge in [-0.2, -0.15) is 0 Å². The van der Waals surface area contributed by atoms with Gasteiger partial charge in [0.2, 0.25) is 10.0 Å². The highest BCUT2D eigenvalue weighted by Crippen LogP contribution is 2.20. The Bertz CT molecular complexity index is 843. The summed E-state index contributed by atoms with van der Waals surface area (Å²) in [4.78, 5) is 12.5. The molecule has 1 amide bonds. The molecule has 2 aromatic rings. The van der Waals surface area contributed by atoms with Gasteiger partial charge in [0, 0.05) is 5.69 Å². The molecule has 1 atom stereocenters. The quantitative estimate of drug-likeness (QED) is 0.832. The number of amides is 1. The topological polar surface area (TPSA) is 101 Å². The molecule has 8 heteroatoms. The van der Waals surface area contributed by atoms with E-state index in [1.165, 1.54) is 0 Å². The standard InChI is InChI=1S/C16H21N3O4S/c1-5-14-15(11(3)23-18-14)16(20)17-10(2)12-7-6-8-13(9-12)19-24(4,21)22/h6-10,19H,5H2,1-4H3,(H,17,20)/t10-/m0/s1. The van der Waals surface area contributed by atoms with Crippen molar-refractivity contribution < 1.29 is 17.7 Å². The summed E-state index contributed by atoms with van der Waals surface area (Å²) in [5, 5.41) is 6.77. The van der Waals surface area contributed by atoms with Crippen LogP contribution < -0.4 is 10.0 Å². The van der Waals surface area contributed by atoms with Crippen LogP contribution in [-0.2, 0) is 16.4 Å². The highest BCUT2D eigenvalue weighted by atomic mass is 32.2. The highest BCUT2D eigenvalue weighted by molar-refractivity contribution is 7.92. The zero-order valence-electron chi connectivity index (χ0n) is 14.1. The van der Waals surface area contributed by atoms with Crippen LogP contribution >= 0.6 is 0 Å². The third kappa shape index (κ3) is 4.35. The lowest BCUT2D eigenvalue weighted by molar-refractivity contribution is 0.0937. The predicted octanol–water partition coefficient (Wildman–Crippen LogP) is 2.41. The van der Waals surface area contributed by atoms with Gasteiger partial charge in [0.1, 0.15) is 11.3 Å². The summed E-state index contributed by atoms with van der Waals surface area (Å²) >= 11 is 0. The Morgan fingerprint density at radius 2 is 2.08 bits per heavy atom. The number of aryl methyl sites for hydroxylation is 2. The van der Waals surface area contributed by atoms with Gasteiger partial charge in [0.25, 0.3) is 5.91 Å². The van der Waals surface area contributed by atoms with E-state index >= 15 is 0 Å². The summed E-state index contributed by atoms with van der Waals surface area (Å²) in [6, 6.07) is 6.58. The Balaban J connectivity index is 2.17. The maximum atomic E-state index is 12.5. The molecule has 2 N–H and O–H groups in total. The highest BCUT2D eigenvalue weighted by Gasteiger charge is 2.21. The molecule has 1 aromatic heterocycles. The number of carbonyl (C=O) groups is 1. The van der Waals surface area contributed by atoms with E-state index in [1.54, 1.807) is 25.1 Å². The van der Waals surface area contributed by atoms with Crippen molar-refractivity contribution in [3.05, 3.63) is 46.8 Å². The summed E-state index contributed by atoms with van der Waals surface area (Å²) in [6.07, 6.45) is 1.69. The molecule has 130 valence electrons. The van der Waals surface area contributed by atoms with Crippen LogP contribution in [0.3, 0.4) is 0 Å². The number of carbonyl (C=O) groups excluding carboxylic acids is 1. The first kappa shape index (κ1) is 18.0. The van der Waals surface area contributed by atoms with E-state index < -0.39 is 10.0 Å². The van der Waals surface area contributed by atoms with Gasteiger partial charge < -0.3 is 9.84 Å². The number of nitrogens with zero attached hydrogens (tertiary/aromatic N) is 1. The monoisotopic (exact) mass is 351 g/mol. The van der Waals surface area contributed by atoms with Crippen molar-refractivity contribution in [2.75, 3.05) is 11.0 Å². The number of aromatic nitrogens is 1. The SMILES string of the molecule is CCc1noc(C)c1C(=O)N[C@@H](C)c1cccc(NS(C)(=O)=O)c1. The van der Waals surface area contributed by atoms with Gasteiger partial charge in [-0.25, -0.2) is 8.42 Å². The van der Waals surface area contributed by atoms with Crippen LogP contribution in [0.5, 0.6) is 0 Å². The van der Waals surface area contributed by atoms with Crippen LogP contribution in [-0.4, -0.2) is 25.7 Å². The van der Waals surface area contributed by atoms with E-state index in [0.29, 0.717) is 29.1 Å². The zero-order chi connectivity index (χ0) is 17.9. The molecule has 0 saturated heterocycles. The number of hydrogen-bond donors (Lipinski definition) is 2. The lowest BCUT2D eigenvalue weighted by Crippen LogP contribution is -2.27. The third-order valence-corrected chi connectivity index (χ3v) is 4.14. The van der Waals surface area contributed by atoms with Crippen molar-refractivity contribution in [3.63, 3.8) is 0 Å². The Labute approximate surface area is 141 Å². The van der Waals surface area contributed by atoms with Crippen molar-refractivity contribution >= 4 is 21.6 Å². The largest absolute Gasteiger partial charge is 0.361 e. The smallest absolute Gasteiger partial charge is 0.257 e. The van der Waals surface area contributed by atoms with Crippen LogP contribution in [0.15, 0.2) is 28.8 Å². The van der Waals surface area contributed by atoms with Crippen LogP contribution in [0.1, 0.15) is 47.3 Å². The first-order chi connectivity index (χ1) is 11.2. The molecule has 0 saturated carbocycles. The molecular weight excluding hydrogens is 330 g/mol. The summed E-state index contributed by atoms with van der Waals surface area (Å²) in [5.41, 5.74) is 2.30. The second kappa shape index (κ2) is 7.04. The van der Waals surface area contributed by atoms with E-state index in [0.717, 1.165) is 11.8 Å². The molecule has 0 aliphatic rings. The Hall–Kier alpha value is -2.35. The number of nitrogens with one attached hydrogen (secondary N) is 2. The first-order valence-electron chi connectivity index (χ1n) is 7.55. The summed E-state index contributed by atoms with van der Waals surface area (Å²) < 4.78 is 30.2. The van der Waals surface area contributed by atoms with Gasteiger partial charge >= 0.3 is 0 Å². The molecule has 1 heterocycles. The number of anilines is 1. The Morgan fingerprint density at radius 3 is 2.71 bits per heavy atom. The second-order valence-corrected chi connectivity index (χ2v) is 7.36. The summed E-state index contributed by atoms with van der Waals surface area (Å²) in [7, 11) is -3.35. The number of rotatable bonds is 6. The van der Waals surface area contributed by atoms with E-state index in [4.69, 9.17) is 4.52 Å². The van der Waals surface area contributed by atoms with E-state index in [-0.39, 0.29) is 11.9 Å². The molecule has 0 aliphatic carbocycles. The van der Waals surface area contributed by atoms with Crippen molar-refractivity contribution in [3.8, 4) is 0 Å². The summed E-state index contributed by atoms with van der Waals surface area (Å²) in [6.45, 7) is 5.42. The molecule has 0 bridgehead atoms. The third-order valence-electron chi connectivity index (χ3n) is 3.53. The molecule has 0 spiro atoms. The van der Waals surface area contributed by atoms with Crippen molar-refractivity contribution in [2.45, 2.75) is 33.2 Å². The zero-order valence-corrected chi connectivity index (χ0v) is 14.9. The number of sulfonamides is 1. The minimum absolute atomic E-state index is 0.264. The molecule has 0 aliphatic heterocycles. The minimum Gasteiger partial charge on any atom is -0.361 e. The van der Waals surface area contributed by atoms with Crippen LogP contribution in [0.25, 0.3) is 0 Å². The van der Waals surface area contributed by atoms with Crippen LogP contribution in [0, 0.1) is 6.92 Å². The van der Waals surface area contributed by atoms with Gasteiger partial charge in [-0.05, 0) is 38.0 Å². The van der Waals surface area contributed by atoms with E-state index in [9.17, 15) is 13.2 Å². The van der Waals surface area contributed by atoms with Crippen molar-refractivity contribution in [2.24, 2.45) is 0 Å². The maximum absolute atomic E-state index is 12.5. The molecule has 24 heavy (non-hydrogen) atoms. The van der Waals surface area contributed by atoms with Crippen molar-refractivity contribution in [1.29, 1.82) is 0 Å². The molecule has 1 aromatic carbocycles. The average Bonchev–Trinajstić information content (AvgIpc) is 2.86. The molecule has 7 nitrogen and oxygen atoms in total. The summed E-state index contributed by atoms with van der Waals surface area (Å²) in [5.74, 6) is 0.212. The Morgan fingerprint density at radius 1 is 1.38 bits per heavy atom. The van der Waals surface area contributed by atoms with E-state index in [2.05, 4.69) is 15.2 Å². The molecule has 0 radical (unpaired) electrons. The van der Waals surface area contributed by atoms with Crippen molar-refractivity contribution in [1.82, 2.24) is 10.5 Å².